The van der Waals surface area contributed by atoms with E-state index in [0.29, 0.717) is 0 Å². The third kappa shape index (κ3) is 2.33. The van der Waals surface area contributed by atoms with Crippen molar-refractivity contribution in [2.24, 2.45) is 0 Å². The lowest BCUT2D eigenvalue weighted by Gasteiger charge is -2.05. The van der Waals surface area contributed by atoms with Crippen molar-refractivity contribution in [1.82, 2.24) is 0 Å². The monoisotopic (exact) mass is 206 g/mol. The molecule has 0 nitrogen and oxygen atoms in total. The third-order valence-corrected chi connectivity index (χ3v) is 3.49. The zero-order valence-corrected chi connectivity index (χ0v) is 8.84. The predicted molar refractivity (Wildman–Crippen MR) is 54.2 cm³/mol. The van der Waals surface area contributed by atoms with Crippen LogP contribution in [0.5, 0.6) is 0 Å². The van der Waals surface area contributed by atoms with Gasteiger partial charge in [0.2, 0.25) is 0 Å². The van der Waals surface area contributed by atoms with Gasteiger partial charge < -0.3 is 0 Å². The lowest BCUT2D eigenvalue weighted by atomic mass is 10.2. The first-order chi connectivity index (χ1) is 5.11. The summed E-state index contributed by atoms with van der Waals surface area (Å²) in [6, 6.07) is 6.15. The summed E-state index contributed by atoms with van der Waals surface area (Å²) in [5.74, 6) is 0. The van der Waals surface area contributed by atoms with E-state index in [0.717, 1.165) is 5.30 Å². The van der Waals surface area contributed by atoms with Gasteiger partial charge in [0.25, 0.3) is 0 Å². The molecule has 0 heterocycles. The number of aryl methyl sites for hydroxylation is 2. The molecule has 0 N–H and O–H groups in total. The number of rotatable bonds is 1. The van der Waals surface area contributed by atoms with Gasteiger partial charge in [0.1, 0.15) is 6.63 Å². The second kappa shape index (κ2) is 3.76. The Bertz CT molecular complexity index is 258. The summed E-state index contributed by atoms with van der Waals surface area (Å²) < 4.78 is 0. The molecule has 0 saturated heterocycles. The van der Waals surface area contributed by atoms with Gasteiger partial charge in [-0.25, -0.2) is 0 Å². The Morgan fingerprint density at radius 2 is 1.82 bits per heavy atom. The third-order valence-electron chi connectivity index (χ3n) is 1.55. The maximum atomic E-state index is 5.81. The molecule has 0 bridgehead atoms. The lowest BCUT2D eigenvalue weighted by Crippen LogP contribution is -2.00. The van der Waals surface area contributed by atoms with E-state index in [1.165, 1.54) is 11.1 Å². The predicted octanol–water partition coefficient (Wildman–Crippen LogP) is 3.72. The second-order valence-electron chi connectivity index (χ2n) is 2.52. The van der Waals surface area contributed by atoms with Gasteiger partial charge in [-0.2, -0.15) is 0 Å². The van der Waals surface area contributed by atoms with E-state index >= 15 is 0 Å². The molecule has 11 heavy (non-hydrogen) atoms. The van der Waals surface area contributed by atoms with Crippen molar-refractivity contribution >= 4 is 34.4 Å². The van der Waals surface area contributed by atoms with Crippen molar-refractivity contribution < 1.29 is 0 Å². The number of hydrogen-bond acceptors (Lipinski definition) is 0. The Labute approximate surface area is 77.9 Å². The Hall–Kier alpha value is 0.230. The molecule has 0 atom stereocenters. The molecule has 0 saturated carbocycles. The van der Waals surface area contributed by atoms with Gasteiger partial charge in [-0.1, -0.05) is 40.2 Å². The van der Waals surface area contributed by atoms with Gasteiger partial charge >= 0.3 is 0 Å². The standard InChI is InChI=1S/C8H9Cl2P/c1-6-3-4-7(2)8(5-6)11(9)10/h3-5H,1-2H3. The summed E-state index contributed by atoms with van der Waals surface area (Å²) >= 11 is 11.6. The van der Waals surface area contributed by atoms with Gasteiger partial charge in [0.15, 0.2) is 0 Å². The number of halogens is 2. The van der Waals surface area contributed by atoms with Crippen LogP contribution in [0.3, 0.4) is 0 Å². The quantitative estimate of drug-likeness (QED) is 0.615. The van der Waals surface area contributed by atoms with Gasteiger partial charge in [-0.15, -0.1) is 0 Å². The van der Waals surface area contributed by atoms with Crippen LogP contribution in [0.15, 0.2) is 18.2 Å². The average Bonchev–Trinajstić information content (AvgIpc) is 1.94. The highest BCUT2D eigenvalue weighted by atomic mass is 35.9. The fourth-order valence-corrected chi connectivity index (χ4v) is 2.64. The molecule has 60 valence electrons. The lowest BCUT2D eigenvalue weighted by molar-refractivity contribution is 1.43. The highest BCUT2D eigenvalue weighted by Crippen LogP contribution is 2.46. The van der Waals surface area contributed by atoms with Gasteiger partial charge in [0.05, 0.1) is 0 Å². The average molecular weight is 207 g/mol. The summed E-state index contributed by atoms with van der Waals surface area (Å²) in [7, 11) is 0. The zero-order valence-electron chi connectivity index (χ0n) is 6.44. The SMILES string of the molecule is Cc1ccc(C)c(P(Cl)Cl)c1. The fraction of sp³-hybridized carbons (Fsp3) is 0.250. The molecule has 1 aromatic carbocycles. The van der Waals surface area contributed by atoms with E-state index in [-0.39, 0.29) is 0 Å². The molecule has 0 fully saturated rings. The minimum absolute atomic E-state index is 0.988. The largest absolute Gasteiger partial charge is 0.117 e. The van der Waals surface area contributed by atoms with Gasteiger partial charge in [0, 0.05) is 5.30 Å². The van der Waals surface area contributed by atoms with Crippen molar-refractivity contribution in [1.29, 1.82) is 0 Å². The van der Waals surface area contributed by atoms with Crippen LogP contribution < -0.4 is 5.30 Å². The summed E-state index contributed by atoms with van der Waals surface area (Å²) in [6.07, 6.45) is 0. The summed E-state index contributed by atoms with van der Waals surface area (Å²) in [5.41, 5.74) is 2.38. The number of benzene rings is 1. The van der Waals surface area contributed by atoms with E-state index in [9.17, 15) is 0 Å². The van der Waals surface area contributed by atoms with Crippen LogP contribution in [0.25, 0.3) is 0 Å². The topological polar surface area (TPSA) is 0 Å². The van der Waals surface area contributed by atoms with Crippen molar-refractivity contribution in [3.05, 3.63) is 29.3 Å². The summed E-state index contributed by atoms with van der Waals surface area (Å²) in [5, 5.41) is 1.07. The van der Waals surface area contributed by atoms with Crippen LogP contribution in [0, 0.1) is 13.8 Å². The Morgan fingerprint density at radius 3 is 2.27 bits per heavy atom. The number of hydrogen-bond donors (Lipinski definition) is 0. The van der Waals surface area contributed by atoms with Crippen LogP contribution in [0.4, 0.5) is 0 Å². The summed E-state index contributed by atoms with van der Waals surface area (Å²) in [6.45, 7) is 3.07. The molecule has 0 aliphatic rings. The first-order valence-electron chi connectivity index (χ1n) is 3.30. The van der Waals surface area contributed by atoms with Crippen LogP contribution in [0.1, 0.15) is 11.1 Å². The normalized spacial score (nSPS) is 10.6. The minimum atomic E-state index is -0.988. The Morgan fingerprint density at radius 1 is 1.18 bits per heavy atom. The molecule has 0 spiro atoms. The minimum Gasteiger partial charge on any atom is -0.0727 e. The van der Waals surface area contributed by atoms with Crippen molar-refractivity contribution in [2.45, 2.75) is 13.8 Å². The maximum absolute atomic E-state index is 5.81. The van der Waals surface area contributed by atoms with Crippen LogP contribution in [-0.2, 0) is 0 Å². The van der Waals surface area contributed by atoms with E-state index in [4.69, 9.17) is 22.5 Å². The highest BCUT2D eigenvalue weighted by Gasteiger charge is 2.06. The smallest absolute Gasteiger partial charge is 0.0727 e. The van der Waals surface area contributed by atoms with Gasteiger partial charge in [-0.3, -0.25) is 0 Å². The van der Waals surface area contributed by atoms with Gasteiger partial charge in [-0.05, 0) is 25.5 Å². The van der Waals surface area contributed by atoms with E-state index in [2.05, 4.69) is 6.07 Å². The van der Waals surface area contributed by atoms with Crippen molar-refractivity contribution in [3.63, 3.8) is 0 Å². The molecular weight excluding hydrogens is 198 g/mol. The molecule has 0 radical (unpaired) electrons. The van der Waals surface area contributed by atoms with E-state index in [1.54, 1.807) is 0 Å². The first-order valence-corrected chi connectivity index (χ1v) is 6.45. The first kappa shape index (κ1) is 9.32. The van der Waals surface area contributed by atoms with Crippen LogP contribution in [-0.4, -0.2) is 0 Å². The van der Waals surface area contributed by atoms with E-state index in [1.807, 2.05) is 26.0 Å². The molecule has 1 rings (SSSR count). The highest BCUT2D eigenvalue weighted by molar-refractivity contribution is 8.08. The Kier molecular flexibility index (Phi) is 3.18. The molecule has 0 aliphatic heterocycles. The molecule has 0 aliphatic carbocycles. The fourth-order valence-electron chi connectivity index (χ4n) is 0.902. The Balaban J connectivity index is 3.13. The molecular formula is C8H9Cl2P. The molecule has 1 aromatic rings. The van der Waals surface area contributed by atoms with Crippen LogP contribution >= 0.6 is 29.1 Å². The van der Waals surface area contributed by atoms with E-state index < -0.39 is 6.63 Å². The van der Waals surface area contributed by atoms with Crippen LogP contribution in [0.2, 0.25) is 0 Å². The zero-order chi connectivity index (χ0) is 8.43. The second-order valence-corrected chi connectivity index (χ2v) is 6.02. The molecule has 0 aromatic heterocycles. The molecule has 0 amide bonds. The molecule has 3 heteroatoms. The van der Waals surface area contributed by atoms with Crippen molar-refractivity contribution in [3.8, 4) is 0 Å². The summed E-state index contributed by atoms with van der Waals surface area (Å²) in [4.78, 5) is 0. The van der Waals surface area contributed by atoms with Crippen molar-refractivity contribution in [2.75, 3.05) is 0 Å². The molecule has 0 unspecified atom stereocenters. The maximum Gasteiger partial charge on any atom is 0.117 e.